The first-order valence-corrected chi connectivity index (χ1v) is 5.65. The maximum atomic E-state index is 12.0. The molecule has 1 amide bonds. The Morgan fingerprint density at radius 1 is 1.42 bits per heavy atom. The second kappa shape index (κ2) is 5.07. The molecule has 7 nitrogen and oxygen atoms in total. The summed E-state index contributed by atoms with van der Waals surface area (Å²) in [6.45, 7) is 1.30. The van der Waals surface area contributed by atoms with E-state index in [9.17, 15) is 14.7 Å². The number of nitrogens with one attached hydrogen (secondary N) is 1. The van der Waals surface area contributed by atoms with Gasteiger partial charge in [-0.1, -0.05) is 6.07 Å². The van der Waals surface area contributed by atoms with Crippen molar-refractivity contribution in [3.8, 4) is 0 Å². The van der Waals surface area contributed by atoms with Gasteiger partial charge in [-0.15, -0.1) is 0 Å². The Hall–Kier alpha value is -2.41. The molecule has 0 fully saturated rings. The molecule has 2 aromatic heterocycles. The average Bonchev–Trinajstić information content (AvgIpc) is 2.78. The van der Waals surface area contributed by atoms with Crippen LogP contribution < -0.4 is 5.32 Å². The lowest BCUT2D eigenvalue weighted by molar-refractivity contribution is -0.141. The molecular weight excluding hydrogens is 250 g/mol. The van der Waals surface area contributed by atoms with Gasteiger partial charge in [-0.05, 0) is 19.1 Å². The maximum absolute atomic E-state index is 12.0. The molecular formula is C12H13N3O4. The summed E-state index contributed by atoms with van der Waals surface area (Å²) in [5.74, 6) is -1.88. The molecule has 2 rings (SSSR count). The topological polar surface area (TPSA) is 104 Å². The summed E-state index contributed by atoms with van der Waals surface area (Å²) in [6.07, 6.45) is 1.84. The molecule has 0 aliphatic carbocycles. The van der Waals surface area contributed by atoms with Gasteiger partial charge in [0.15, 0.2) is 6.04 Å². The first kappa shape index (κ1) is 13.0. The zero-order chi connectivity index (χ0) is 14.0. The molecule has 7 heteroatoms. The molecule has 0 spiro atoms. The van der Waals surface area contributed by atoms with E-state index in [0.717, 1.165) is 0 Å². The standard InChI is InChI=1S/C12H13N3O4/c1-7(16)10(12(18)19)14-11(17)8-6-13-15-5-3-2-4-9(8)15/h2-7,10,16H,1H3,(H,14,17)(H,18,19). The number of pyridine rings is 1. The Labute approximate surface area is 108 Å². The average molecular weight is 263 g/mol. The summed E-state index contributed by atoms with van der Waals surface area (Å²) in [4.78, 5) is 22.9. The van der Waals surface area contributed by atoms with E-state index < -0.39 is 24.0 Å². The monoisotopic (exact) mass is 263 g/mol. The highest BCUT2D eigenvalue weighted by atomic mass is 16.4. The highest BCUT2D eigenvalue weighted by molar-refractivity contribution is 6.02. The third-order valence-electron chi connectivity index (χ3n) is 2.71. The number of hydrogen-bond acceptors (Lipinski definition) is 4. The molecule has 2 heterocycles. The van der Waals surface area contributed by atoms with Crippen molar-refractivity contribution in [2.24, 2.45) is 0 Å². The number of aliphatic hydroxyl groups excluding tert-OH is 1. The lowest BCUT2D eigenvalue weighted by Gasteiger charge is -2.16. The fourth-order valence-corrected chi connectivity index (χ4v) is 1.72. The van der Waals surface area contributed by atoms with Crippen molar-refractivity contribution < 1.29 is 19.8 Å². The van der Waals surface area contributed by atoms with Gasteiger partial charge in [0.1, 0.15) is 0 Å². The SMILES string of the molecule is CC(O)C(NC(=O)c1cnn2ccccc12)C(=O)O. The van der Waals surface area contributed by atoms with Crippen molar-refractivity contribution in [1.82, 2.24) is 14.9 Å². The van der Waals surface area contributed by atoms with E-state index in [0.29, 0.717) is 5.52 Å². The summed E-state index contributed by atoms with van der Waals surface area (Å²) in [5, 5.41) is 24.5. The first-order chi connectivity index (χ1) is 9.00. The summed E-state index contributed by atoms with van der Waals surface area (Å²) in [7, 11) is 0. The van der Waals surface area contributed by atoms with Crippen LogP contribution in [0.3, 0.4) is 0 Å². The smallest absolute Gasteiger partial charge is 0.328 e. The molecule has 0 aromatic carbocycles. The van der Waals surface area contributed by atoms with Crippen molar-refractivity contribution in [1.29, 1.82) is 0 Å². The van der Waals surface area contributed by atoms with Gasteiger partial charge >= 0.3 is 5.97 Å². The van der Waals surface area contributed by atoms with Crippen LogP contribution in [-0.2, 0) is 4.79 Å². The number of aliphatic carboxylic acids is 1. The second-order valence-corrected chi connectivity index (χ2v) is 4.12. The van der Waals surface area contributed by atoms with Gasteiger partial charge in [-0.25, -0.2) is 9.31 Å². The number of nitrogens with zero attached hydrogens (tertiary/aromatic N) is 2. The Morgan fingerprint density at radius 3 is 2.79 bits per heavy atom. The Morgan fingerprint density at radius 2 is 2.16 bits per heavy atom. The number of rotatable bonds is 4. The van der Waals surface area contributed by atoms with Crippen LogP contribution in [0.4, 0.5) is 0 Å². The molecule has 0 bridgehead atoms. The molecule has 19 heavy (non-hydrogen) atoms. The molecule has 0 aliphatic heterocycles. The number of aromatic nitrogens is 2. The number of amides is 1. The summed E-state index contributed by atoms with van der Waals surface area (Å²) in [6, 6.07) is 3.85. The number of carbonyl (C=O) groups excluding carboxylic acids is 1. The van der Waals surface area contributed by atoms with E-state index in [1.54, 1.807) is 24.4 Å². The van der Waals surface area contributed by atoms with Crippen molar-refractivity contribution in [3.63, 3.8) is 0 Å². The predicted octanol–water partition coefficient (Wildman–Crippen LogP) is -0.102. The summed E-state index contributed by atoms with van der Waals surface area (Å²) in [5.41, 5.74) is 0.822. The zero-order valence-corrected chi connectivity index (χ0v) is 10.1. The minimum atomic E-state index is -1.36. The highest BCUT2D eigenvalue weighted by Crippen LogP contribution is 2.10. The van der Waals surface area contributed by atoms with Gasteiger partial charge in [0.2, 0.25) is 0 Å². The van der Waals surface area contributed by atoms with Gasteiger partial charge in [-0.3, -0.25) is 4.79 Å². The predicted molar refractivity (Wildman–Crippen MR) is 65.8 cm³/mol. The van der Waals surface area contributed by atoms with E-state index in [4.69, 9.17) is 5.11 Å². The van der Waals surface area contributed by atoms with Gasteiger partial charge in [0, 0.05) is 6.20 Å². The quantitative estimate of drug-likeness (QED) is 0.714. The number of aliphatic hydroxyl groups is 1. The van der Waals surface area contributed by atoms with Crippen LogP contribution in [0.25, 0.3) is 5.52 Å². The molecule has 2 unspecified atom stereocenters. The summed E-state index contributed by atoms with van der Waals surface area (Å²) < 4.78 is 1.51. The fraction of sp³-hybridized carbons (Fsp3) is 0.250. The molecule has 2 aromatic rings. The largest absolute Gasteiger partial charge is 0.480 e. The molecule has 2 atom stereocenters. The molecule has 0 aliphatic rings. The maximum Gasteiger partial charge on any atom is 0.328 e. The van der Waals surface area contributed by atoms with Crippen molar-refractivity contribution in [2.45, 2.75) is 19.1 Å². The second-order valence-electron chi connectivity index (χ2n) is 4.12. The third-order valence-corrected chi connectivity index (χ3v) is 2.71. The van der Waals surface area contributed by atoms with E-state index in [2.05, 4.69) is 10.4 Å². The Kier molecular flexibility index (Phi) is 3.48. The van der Waals surface area contributed by atoms with E-state index in [1.807, 2.05) is 0 Å². The first-order valence-electron chi connectivity index (χ1n) is 5.65. The lowest BCUT2D eigenvalue weighted by Crippen LogP contribution is -2.47. The van der Waals surface area contributed by atoms with Gasteiger partial charge < -0.3 is 15.5 Å². The minimum Gasteiger partial charge on any atom is -0.480 e. The fourth-order valence-electron chi connectivity index (χ4n) is 1.72. The van der Waals surface area contributed by atoms with Crippen LogP contribution >= 0.6 is 0 Å². The molecule has 100 valence electrons. The normalized spacial score (nSPS) is 14.0. The number of carbonyl (C=O) groups is 2. The van der Waals surface area contributed by atoms with Crippen molar-refractivity contribution >= 4 is 17.4 Å². The molecule has 0 saturated heterocycles. The molecule has 3 N–H and O–H groups in total. The van der Waals surface area contributed by atoms with E-state index in [1.165, 1.54) is 17.6 Å². The number of fused-ring (bicyclic) bond motifs is 1. The van der Waals surface area contributed by atoms with Crippen molar-refractivity contribution in [3.05, 3.63) is 36.2 Å². The number of hydrogen-bond donors (Lipinski definition) is 3. The third kappa shape index (κ3) is 2.55. The molecule has 0 radical (unpaired) electrons. The highest BCUT2D eigenvalue weighted by Gasteiger charge is 2.26. The van der Waals surface area contributed by atoms with Crippen LogP contribution in [0, 0.1) is 0 Å². The zero-order valence-electron chi connectivity index (χ0n) is 10.1. The summed E-state index contributed by atoms with van der Waals surface area (Å²) >= 11 is 0. The van der Waals surface area contributed by atoms with E-state index >= 15 is 0 Å². The van der Waals surface area contributed by atoms with Crippen LogP contribution in [0.15, 0.2) is 30.6 Å². The Bertz CT molecular complexity index is 620. The van der Waals surface area contributed by atoms with Crippen LogP contribution in [-0.4, -0.2) is 43.8 Å². The number of carboxylic acids is 1. The van der Waals surface area contributed by atoms with E-state index in [-0.39, 0.29) is 5.56 Å². The van der Waals surface area contributed by atoms with Crippen LogP contribution in [0.5, 0.6) is 0 Å². The van der Waals surface area contributed by atoms with Crippen LogP contribution in [0.2, 0.25) is 0 Å². The van der Waals surface area contributed by atoms with Crippen molar-refractivity contribution in [2.75, 3.05) is 0 Å². The van der Waals surface area contributed by atoms with Crippen LogP contribution in [0.1, 0.15) is 17.3 Å². The Balaban J connectivity index is 2.27. The number of carboxylic acid groups (broad SMARTS) is 1. The molecule has 0 saturated carbocycles. The van der Waals surface area contributed by atoms with Gasteiger partial charge in [0.05, 0.1) is 23.4 Å². The van der Waals surface area contributed by atoms with Gasteiger partial charge in [-0.2, -0.15) is 5.10 Å². The van der Waals surface area contributed by atoms with Gasteiger partial charge in [0.25, 0.3) is 5.91 Å². The minimum absolute atomic E-state index is 0.257. The lowest BCUT2D eigenvalue weighted by atomic mass is 10.1.